The number of hydrogen-bond donors (Lipinski definition) is 1. The van der Waals surface area contributed by atoms with Crippen LogP contribution in [-0.4, -0.2) is 46.8 Å². The van der Waals surface area contributed by atoms with Gasteiger partial charge in [-0.25, -0.2) is 12.7 Å². The summed E-state index contributed by atoms with van der Waals surface area (Å²) in [5, 5.41) is 2.83. The topological polar surface area (TPSA) is 69.7 Å². The molecule has 0 radical (unpaired) electrons. The zero-order valence-corrected chi connectivity index (χ0v) is 16.6. The van der Waals surface area contributed by atoms with Crippen molar-refractivity contribution in [2.45, 2.75) is 18.4 Å². The highest BCUT2D eigenvalue weighted by Crippen LogP contribution is 2.27. The molecule has 0 spiro atoms. The molecule has 0 fully saturated rings. The quantitative estimate of drug-likeness (QED) is 0.841. The van der Waals surface area contributed by atoms with Crippen molar-refractivity contribution in [1.29, 1.82) is 0 Å². The maximum absolute atomic E-state index is 12.6. The van der Waals surface area contributed by atoms with Crippen molar-refractivity contribution >= 4 is 21.6 Å². The summed E-state index contributed by atoms with van der Waals surface area (Å²) >= 11 is 0. The van der Waals surface area contributed by atoms with E-state index in [1.54, 1.807) is 31.1 Å². The van der Waals surface area contributed by atoms with E-state index in [0.717, 1.165) is 15.4 Å². The first-order chi connectivity index (χ1) is 12.1. The fourth-order valence-corrected chi connectivity index (χ4v) is 3.60. The zero-order valence-electron chi connectivity index (χ0n) is 15.8. The predicted octanol–water partition coefficient (Wildman–Crippen LogP) is 2.24. The van der Waals surface area contributed by atoms with Crippen LogP contribution in [0.3, 0.4) is 0 Å². The third kappa shape index (κ3) is 4.42. The molecule has 0 heterocycles. The van der Waals surface area contributed by atoms with Crippen molar-refractivity contribution in [2.24, 2.45) is 0 Å². The van der Waals surface area contributed by atoms with Crippen molar-refractivity contribution in [3.05, 3.63) is 59.2 Å². The van der Waals surface area contributed by atoms with Gasteiger partial charge in [0.2, 0.25) is 10.0 Å². The monoisotopic (exact) mass is 375 g/mol. The standard InChI is InChI=1S/C19H25N3O3S/c1-14-6-8-15(9-7-14)13-20-19(23)16-10-11-17(21(2)3)18(12-16)26(24,25)22(4)5/h6-12H,13H2,1-5H3,(H,20,23). The number of nitrogens with zero attached hydrogens (tertiary/aromatic N) is 2. The molecule has 7 heteroatoms. The smallest absolute Gasteiger partial charge is 0.251 e. The van der Waals surface area contributed by atoms with E-state index in [1.807, 2.05) is 31.2 Å². The minimum Gasteiger partial charge on any atom is -0.377 e. The number of carbonyl (C=O) groups is 1. The van der Waals surface area contributed by atoms with E-state index < -0.39 is 10.0 Å². The van der Waals surface area contributed by atoms with E-state index >= 15 is 0 Å². The lowest BCUT2D eigenvalue weighted by Crippen LogP contribution is -2.27. The van der Waals surface area contributed by atoms with Crippen molar-refractivity contribution in [3.8, 4) is 0 Å². The Morgan fingerprint density at radius 1 is 1.00 bits per heavy atom. The fourth-order valence-electron chi connectivity index (χ4n) is 2.42. The van der Waals surface area contributed by atoms with Crippen LogP contribution in [-0.2, 0) is 16.6 Å². The van der Waals surface area contributed by atoms with Crippen LogP contribution in [0, 0.1) is 6.92 Å². The second-order valence-corrected chi connectivity index (χ2v) is 8.65. The minimum absolute atomic E-state index is 0.107. The van der Waals surface area contributed by atoms with Gasteiger partial charge in [-0.15, -0.1) is 0 Å². The summed E-state index contributed by atoms with van der Waals surface area (Å²) in [6.07, 6.45) is 0. The normalized spacial score (nSPS) is 11.5. The van der Waals surface area contributed by atoms with Gasteiger partial charge in [0.25, 0.3) is 5.91 Å². The highest BCUT2D eigenvalue weighted by Gasteiger charge is 2.24. The molecule has 0 unspecified atom stereocenters. The number of amides is 1. The van der Waals surface area contributed by atoms with E-state index in [4.69, 9.17) is 0 Å². The summed E-state index contributed by atoms with van der Waals surface area (Å²) in [7, 11) is 2.80. The van der Waals surface area contributed by atoms with Crippen LogP contribution < -0.4 is 10.2 Å². The van der Waals surface area contributed by atoms with Crippen LogP contribution in [0.25, 0.3) is 0 Å². The van der Waals surface area contributed by atoms with Gasteiger partial charge < -0.3 is 10.2 Å². The molecule has 0 saturated carbocycles. The summed E-state index contributed by atoms with van der Waals surface area (Å²) in [4.78, 5) is 14.3. The lowest BCUT2D eigenvalue weighted by atomic mass is 10.1. The zero-order chi connectivity index (χ0) is 19.5. The van der Waals surface area contributed by atoms with Gasteiger partial charge in [0, 0.05) is 40.3 Å². The summed E-state index contributed by atoms with van der Waals surface area (Å²) in [6, 6.07) is 12.6. The van der Waals surface area contributed by atoms with E-state index in [-0.39, 0.29) is 10.8 Å². The molecule has 0 atom stereocenters. The Morgan fingerprint density at radius 3 is 2.15 bits per heavy atom. The molecule has 2 aromatic carbocycles. The van der Waals surface area contributed by atoms with E-state index in [9.17, 15) is 13.2 Å². The average Bonchev–Trinajstić information content (AvgIpc) is 2.60. The van der Waals surface area contributed by atoms with Crippen LogP contribution in [0.5, 0.6) is 0 Å². The number of benzene rings is 2. The van der Waals surface area contributed by atoms with Gasteiger partial charge in [-0.3, -0.25) is 4.79 Å². The summed E-state index contributed by atoms with van der Waals surface area (Å²) < 4.78 is 26.4. The van der Waals surface area contributed by atoms with Crippen LogP contribution in [0.4, 0.5) is 5.69 Å². The summed E-state index contributed by atoms with van der Waals surface area (Å²) in [6.45, 7) is 2.38. The number of rotatable bonds is 6. The van der Waals surface area contributed by atoms with Gasteiger partial charge in [-0.1, -0.05) is 29.8 Å². The average molecular weight is 375 g/mol. The lowest BCUT2D eigenvalue weighted by Gasteiger charge is -2.20. The number of anilines is 1. The largest absolute Gasteiger partial charge is 0.377 e. The number of nitrogens with one attached hydrogen (secondary N) is 1. The molecule has 6 nitrogen and oxygen atoms in total. The highest BCUT2D eigenvalue weighted by atomic mass is 32.2. The molecule has 0 bridgehead atoms. The molecule has 0 aliphatic heterocycles. The number of aryl methyl sites for hydroxylation is 1. The van der Waals surface area contributed by atoms with E-state index in [1.165, 1.54) is 20.2 Å². The van der Waals surface area contributed by atoms with Crippen molar-refractivity contribution in [2.75, 3.05) is 33.1 Å². The molecule has 0 saturated heterocycles. The first-order valence-electron chi connectivity index (χ1n) is 8.20. The Morgan fingerprint density at radius 2 is 1.62 bits per heavy atom. The Kier molecular flexibility index (Phi) is 6.05. The van der Waals surface area contributed by atoms with E-state index in [2.05, 4.69) is 5.32 Å². The number of sulfonamides is 1. The van der Waals surface area contributed by atoms with E-state index in [0.29, 0.717) is 17.8 Å². The van der Waals surface area contributed by atoms with Gasteiger partial charge >= 0.3 is 0 Å². The minimum atomic E-state index is -3.67. The molecule has 0 aliphatic carbocycles. The molecule has 26 heavy (non-hydrogen) atoms. The Hall–Kier alpha value is -2.38. The first-order valence-corrected chi connectivity index (χ1v) is 9.64. The van der Waals surface area contributed by atoms with Crippen molar-refractivity contribution < 1.29 is 13.2 Å². The molecule has 2 rings (SSSR count). The molecule has 140 valence electrons. The molecule has 1 N–H and O–H groups in total. The predicted molar refractivity (Wildman–Crippen MR) is 104 cm³/mol. The molecule has 2 aromatic rings. The van der Waals surface area contributed by atoms with Crippen LogP contribution in [0.1, 0.15) is 21.5 Å². The molecule has 0 aliphatic rings. The lowest BCUT2D eigenvalue weighted by molar-refractivity contribution is 0.0950. The van der Waals surface area contributed by atoms with Crippen molar-refractivity contribution in [1.82, 2.24) is 9.62 Å². The maximum Gasteiger partial charge on any atom is 0.251 e. The van der Waals surface area contributed by atoms with Gasteiger partial charge in [-0.2, -0.15) is 0 Å². The fraction of sp³-hybridized carbons (Fsp3) is 0.316. The third-order valence-corrected chi connectivity index (χ3v) is 5.88. The van der Waals surface area contributed by atoms with Crippen LogP contribution >= 0.6 is 0 Å². The van der Waals surface area contributed by atoms with Crippen LogP contribution in [0.2, 0.25) is 0 Å². The highest BCUT2D eigenvalue weighted by molar-refractivity contribution is 7.89. The van der Waals surface area contributed by atoms with Gasteiger partial charge in [0.15, 0.2) is 0 Å². The Bertz CT molecular complexity index is 889. The third-order valence-electron chi connectivity index (χ3n) is 4.04. The molecular formula is C19H25N3O3S. The molecule has 0 aromatic heterocycles. The second-order valence-electron chi connectivity index (χ2n) is 6.53. The second kappa shape index (κ2) is 7.88. The van der Waals surface area contributed by atoms with Gasteiger partial charge in [0.1, 0.15) is 4.90 Å². The molecule has 1 amide bonds. The van der Waals surface area contributed by atoms with Gasteiger partial charge in [0.05, 0.1) is 5.69 Å². The summed E-state index contributed by atoms with van der Waals surface area (Å²) in [5.41, 5.74) is 2.98. The maximum atomic E-state index is 12.6. The molecular weight excluding hydrogens is 350 g/mol. The first kappa shape index (κ1) is 19.9. The Labute approximate surface area is 155 Å². The SMILES string of the molecule is Cc1ccc(CNC(=O)c2ccc(N(C)C)c(S(=O)(=O)N(C)C)c2)cc1. The summed E-state index contributed by atoms with van der Waals surface area (Å²) in [5.74, 6) is -0.314. The number of carbonyl (C=O) groups excluding carboxylic acids is 1. The van der Waals surface area contributed by atoms with Gasteiger partial charge in [-0.05, 0) is 30.7 Å². The Balaban J connectivity index is 2.29. The van der Waals surface area contributed by atoms with Crippen molar-refractivity contribution in [3.63, 3.8) is 0 Å². The van der Waals surface area contributed by atoms with Crippen LogP contribution in [0.15, 0.2) is 47.4 Å². The number of hydrogen-bond acceptors (Lipinski definition) is 4.